The average Bonchev–Trinajstić information content (AvgIpc) is 3.78. The Morgan fingerprint density at radius 3 is 2.22 bits per heavy atom. The van der Waals surface area contributed by atoms with Crippen LogP contribution in [0.1, 0.15) is 118 Å². The van der Waals surface area contributed by atoms with Crippen LogP contribution >= 0.6 is 0 Å². The van der Waals surface area contributed by atoms with Gasteiger partial charge in [-0.2, -0.15) is 0 Å². The Morgan fingerprint density at radius 1 is 0.763 bits per heavy atom. The summed E-state index contributed by atoms with van der Waals surface area (Å²) in [6, 6.07) is 0. The zero-order valence-corrected chi connectivity index (χ0v) is 35.6. The molecule has 59 heavy (non-hydrogen) atoms. The van der Waals surface area contributed by atoms with Gasteiger partial charge in [0.05, 0.1) is 61.0 Å². The fraction of sp³-hybridized carbons (Fsp3) is 0.844. The molecule has 7 aliphatic rings. The molecule has 4 N–H and O–H groups in total. The molecule has 7 aliphatic heterocycles. The first-order valence-electron chi connectivity index (χ1n) is 22.3. The largest absolute Gasteiger partial charge is 0.444 e. The van der Waals surface area contributed by atoms with Crippen LogP contribution in [0.2, 0.25) is 0 Å². The van der Waals surface area contributed by atoms with Gasteiger partial charge < -0.3 is 53.8 Å². The molecule has 0 aromatic rings. The molecular weight excluding hydrogens is 762 g/mol. The Bertz CT molecular complexity index is 1550. The summed E-state index contributed by atoms with van der Waals surface area (Å²) in [5.74, 6) is -0.102. The molecule has 8 bridgehead atoms. The lowest BCUT2D eigenvalue weighted by Crippen LogP contribution is -2.61. The number of hydrogen-bond acceptors (Lipinski definition) is 13. The maximum atomic E-state index is 14.0. The molecular formula is C45H69NO13. The van der Waals surface area contributed by atoms with Gasteiger partial charge in [-0.25, -0.2) is 4.79 Å². The van der Waals surface area contributed by atoms with Gasteiger partial charge in [0, 0.05) is 45.1 Å². The van der Waals surface area contributed by atoms with Crippen molar-refractivity contribution in [3.8, 4) is 0 Å². The third kappa shape index (κ3) is 10.7. The van der Waals surface area contributed by atoms with Crippen LogP contribution in [-0.2, 0) is 42.7 Å². The van der Waals surface area contributed by atoms with Gasteiger partial charge in [0.2, 0.25) is 0 Å². The summed E-state index contributed by atoms with van der Waals surface area (Å²) in [6.07, 6.45) is -3.04. The highest BCUT2D eigenvalue weighted by Gasteiger charge is 2.57. The minimum atomic E-state index is -1.10. The van der Waals surface area contributed by atoms with Crippen LogP contribution in [0.5, 0.6) is 0 Å². The SMILES string of the molecule is C=C1C[C@@H]2CCC(=O)C[C@H]3O[C@H]4[C@@H](O)[C@H]5O[C@H](CC[C@@H]5O[C@H]4[C@H]3O)CC(=O)C[C@H]3C(C[C@H]4O[C@@H](CCC1O2)C[C@@H](C)C4=C)O[C@H](C[C@H](O)CNC(=O)OC(C)(C)C)[C@@H]3C. The van der Waals surface area contributed by atoms with Gasteiger partial charge in [0.15, 0.2) is 0 Å². The number of hydrogen-bond donors (Lipinski definition) is 4. The van der Waals surface area contributed by atoms with Gasteiger partial charge in [-0.1, -0.05) is 27.0 Å². The highest BCUT2D eigenvalue weighted by atomic mass is 16.6. The van der Waals surface area contributed by atoms with Crippen molar-refractivity contribution in [1.29, 1.82) is 0 Å². The summed E-state index contributed by atoms with van der Waals surface area (Å²) in [5.41, 5.74) is 1.35. The van der Waals surface area contributed by atoms with Crippen LogP contribution in [0.4, 0.5) is 4.79 Å². The van der Waals surface area contributed by atoms with Crippen LogP contribution in [0.25, 0.3) is 0 Å². The molecule has 0 saturated carbocycles. The third-order valence-corrected chi connectivity index (χ3v) is 14.0. The second-order valence-corrected chi connectivity index (χ2v) is 19.7. The van der Waals surface area contributed by atoms with E-state index in [0.29, 0.717) is 32.1 Å². The maximum Gasteiger partial charge on any atom is 0.407 e. The van der Waals surface area contributed by atoms with E-state index in [0.717, 1.165) is 30.4 Å². The van der Waals surface area contributed by atoms with Crippen LogP contribution < -0.4 is 5.32 Å². The van der Waals surface area contributed by atoms with Gasteiger partial charge in [-0.3, -0.25) is 9.59 Å². The number of rotatable bonds is 4. The normalized spacial score (nSPS) is 44.2. The minimum absolute atomic E-state index is 0.00347. The Labute approximate surface area is 349 Å². The second-order valence-electron chi connectivity index (χ2n) is 19.7. The highest BCUT2D eigenvalue weighted by Crippen LogP contribution is 2.44. The van der Waals surface area contributed by atoms with Crippen molar-refractivity contribution in [2.24, 2.45) is 17.8 Å². The summed E-state index contributed by atoms with van der Waals surface area (Å²) in [6.45, 7) is 18.3. The van der Waals surface area contributed by atoms with Crippen molar-refractivity contribution in [2.75, 3.05) is 6.54 Å². The fourth-order valence-electron chi connectivity index (χ4n) is 10.7. The van der Waals surface area contributed by atoms with E-state index in [1.54, 1.807) is 20.8 Å². The first kappa shape index (κ1) is 44.8. The van der Waals surface area contributed by atoms with Gasteiger partial charge in [0.25, 0.3) is 0 Å². The summed E-state index contributed by atoms with van der Waals surface area (Å²) < 4.78 is 44.1. The number of nitrogens with one attached hydrogen (secondary N) is 1. The maximum absolute atomic E-state index is 14.0. The zero-order valence-electron chi connectivity index (χ0n) is 35.6. The lowest BCUT2D eigenvalue weighted by Gasteiger charge is -2.46. The third-order valence-electron chi connectivity index (χ3n) is 14.0. The van der Waals surface area contributed by atoms with Crippen LogP contribution in [0.3, 0.4) is 0 Å². The molecule has 7 rings (SSSR count). The van der Waals surface area contributed by atoms with Gasteiger partial charge in [-0.05, 0) is 94.6 Å². The molecule has 0 spiro atoms. The molecule has 7 saturated heterocycles. The summed E-state index contributed by atoms with van der Waals surface area (Å²) in [5, 5.41) is 36.4. The minimum Gasteiger partial charge on any atom is -0.444 e. The number of carbonyl (C=O) groups excluding carboxylic acids is 3. The lowest BCUT2D eigenvalue weighted by molar-refractivity contribution is -0.259. The van der Waals surface area contributed by atoms with Gasteiger partial charge in [-0.15, -0.1) is 0 Å². The number of aliphatic hydroxyl groups is 3. The molecule has 7 fully saturated rings. The van der Waals surface area contributed by atoms with E-state index in [1.807, 2.05) is 0 Å². The molecule has 0 radical (unpaired) electrons. The molecule has 0 aromatic heterocycles. The monoisotopic (exact) mass is 831 g/mol. The van der Waals surface area contributed by atoms with Gasteiger partial charge in [0.1, 0.15) is 47.7 Å². The first-order valence-corrected chi connectivity index (χ1v) is 22.3. The molecule has 0 aliphatic carbocycles. The first-order chi connectivity index (χ1) is 27.9. The molecule has 332 valence electrons. The molecule has 1 amide bonds. The van der Waals surface area contributed by atoms with E-state index in [9.17, 15) is 29.7 Å². The molecule has 2 unspecified atom stereocenters. The summed E-state index contributed by atoms with van der Waals surface area (Å²) in [7, 11) is 0. The summed E-state index contributed by atoms with van der Waals surface area (Å²) >= 11 is 0. The van der Waals surface area contributed by atoms with Crippen molar-refractivity contribution in [1.82, 2.24) is 5.32 Å². The van der Waals surface area contributed by atoms with E-state index < -0.39 is 66.6 Å². The van der Waals surface area contributed by atoms with Crippen molar-refractivity contribution < 1.29 is 62.9 Å². The van der Waals surface area contributed by atoms with E-state index in [1.165, 1.54) is 0 Å². The number of fused-ring (bicyclic) bond motifs is 7. The van der Waals surface area contributed by atoms with Crippen molar-refractivity contribution >= 4 is 17.7 Å². The standard InChI is InChI=1S/C45H69NO13/c1-22-14-30-10-12-33-23(2)15-29(53-33)9-8-26(47)18-38-39(50)42-43(58-38)40(51)41-34(57-42)13-11-31(55-41)16-27(48)17-32-25(4)35(56-37(32)20-36(54-30)24(22)3)19-28(49)21-46-44(52)59-45(5,6)7/h22,25,28-43,49-51H,2-3,8-21H2,1,4-7H3,(H,46,52)/t22-,25-,28+,29+,30+,31-,32-,33?,34+,35-,36-,37?,38-,39+,40+,41+,42+,43+/m1/s1. The van der Waals surface area contributed by atoms with Crippen LogP contribution in [0, 0.1) is 17.8 Å². The molecule has 0 aromatic carbocycles. The second kappa shape index (κ2) is 18.6. The van der Waals surface area contributed by atoms with E-state index >= 15 is 0 Å². The Morgan fingerprint density at radius 2 is 1.46 bits per heavy atom. The van der Waals surface area contributed by atoms with Gasteiger partial charge >= 0.3 is 6.09 Å². The fourth-order valence-corrected chi connectivity index (χ4v) is 10.7. The summed E-state index contributed by atoms with van der Waals surface area (Å²) in [4.78, 5) is 39.5. The quantitative estimate of drug-likeness (QED) is 0.292. The molecule has 14 nitrogen and oxygen atoms in total. The predicted molar refractivity (Wildman–Crippen MR) is 214 cm³/mol. The molecule has 18 atom stereocenters. The Balaban J connectivity index is 1.08. The number of Topliss-reactive ketones (excluding diaryl/α,β-unsaturated/α-hetero) is 2. The zero-order chi connectivity index (χ0) is 42.3. The number of alkyl carbamates (subject to hydrolysis) is 1. The number of aliphatic hydroxyl groups excluding tert-OH is 3. The van der Waals surface area contributed by atoms with E-state index in [-0.39, 0.29) is 105 Å². The number of ether oxygens (including phenoxy) is 7. The topological polar surface area (TPSA) is 189 Å². The lowest BCUT2D eigenvalue weighted by atomic mass is 9.78. The smallest absolute Gasteiger partial charge is 0.407 e. The molecule has 7 heterocycles. The van der Waals surface area contributed by atoms with Crippen molar-refractivity contribution in [3.63, 3.8) is 0 Å². The number of carbonyl (C=O) groups is 3. The van der Waals surface area contributed by atoms with Crippen LogP contribution in [-0.4, -0.2) is 137 Å². The Kier molecular flexibility index (Phi) is 14.1. The van der Waals surface area contributed by atoms with Crippen molar-refractivity contribution in [3.05, 3.63) is 24.3 Å². The predicted octanol–water partition coefficient (Wildman–Crippen LogP) is 4.42. The van der Waals surface area contributed by atoms with E-state index in [2.05, 4.69) is 32.3 Å². The van der Waals surface area contributed by atoms with E-state index in [4.69, 9.17) is 33.2 Å². The molecule has 14 heteroatoms. The highest BCUT2D eigenvalue weighted by molar-refractivity contribution is 5.79. The number of ketones is 2. The Hall–Kier alpha value is -2.27. The van der Waals surface area contributed by atoms with Crippen LogP contribution in [0.15, 0.2) is 24.3 Å². The average molecular weight is 832 g/mol. The number of amides is 1. The van der Waals surface area contributed by atoms with Crippen molar-refractivity contribution in [2.45, 2.75) is 215 Å².